The van der Waals surface area contributed by atoms with Gasteiger partial charge >= 0.3 is 0 Å². The third-order valence-corrected chi connectivity index (χ3v) is 2.71. The number of halogens is 2. The Morgan fingerprint density at radius 1 is 1.25 bits per heavy atom. The maximum absolute atomic E-state index is 6.01. The van der Waals surface area contributed by atoms with Crippen LogP contribution < -0.4 is 0 Å². The highest BCUT2D eigenvalue weighted by molar-refractivity contribution is 6.31. The number of aryl methyl sites for hydroxylation is 1. The zero-order chi connectivity index (χ0) is 11.5. The van der Waals surface area contributed by atoms with Crippen molar-refractivity contribution in [1.29, 1.82) is 0 Å². The van der Waals surface area contributed by atoms with Crippen LogP contribution in [0, 0.1) is 0 Å². The van der Waals surface area contributed by atoms with Crippen LogP contribution in [-0.4, -0.2) is 14.8 Å². The molecule has 1 aromatic carbocycles. The van der Waals surface area contributed by atoms with Crippen molar-refractivity contribution < 1.29 is 0 Å². The molecule has 0 aliphatic carbocycles. The molecule has 0 radical (unpaired) electrons. The summed E-state index contributed by atoms with van der Waals surface area (Å²) in [6, 6.07) is 7.47. The molecule has 0 aliphatic heterocycles. The molecule has 16 heavy (non-hydrogen) atoms. The topological polar surface area (TPSA) is 30.7 Å². The van der Waals surface area contributed by atoms with E-state index in [1.54, 1.807) is 0 Å². The lowest BCUT2D eigenvalue weighted by molar-refractivity contribution is 0.803. The molecule has 0 bridgehead atoms. The fourth-order valence-electron chi connectivity index (χ4n) is 1.55. The Labute approximate surface area is 104 Å². The van der Waals surface area contributed by atoms with Crippen LogP contribution in [0.3, 0.4) is 0 Å². The second kappa shape index (κ2) is 4.85. The molecule has 0 amide bonds. The SMILES string of the molecule is CCCc1nnc(Cl)n1-c1cccc(Cl)c1. The summed E-state index contributed by atoms with van der Waals surface area (Å²) in [7, 11) is 0. The second-order valence-electron chi connectivity index (χ2n) is 3.45. The molecule has 0 N–H and O–H groups in total. The molecule has 0 saturated carbocycles. The van der Waals surface area contributed by atoms with Crippen LogP contribution >= 0.6 is 23.2 Å². The standard InChI is InChI=1S/C11H11Cl2N3/c1-2-4-10-14-15-11(13)16(10)9-6-3-5-8(12)7-9/h3,5-7H,2,4H2,1H3. The Morgan fingerprint density at radius 2 is 2.06 bits per heavy atom. The van der Waals surface area contributed by atoms with E-state index in [-0.39, 0.29) is 0 Å². The zero-order valence-corrected chi connectivity index (χ0v) is 10.3. The smallest absolute Gasteiger partial charge is 0.229 e. The predicted molar refractivity (Wildman–Crippen MR) is 65.4 cm³/mol. The highest BCUT2D eigenvalue weighted by atomic mass is 35.5. The first kappa shape index (κ1) is 11.4. The Bertz CT molecular complexity index is 494. The molecule has 0 saturated heterocycles. The lowest BCUT2D eigenvalue weighted by Crippen LogP contribution is -2.01. The van der Waals surface area contributed by atoms with Crippen molar-refractivity contribution in [2.45, 2.75) is 19.8 Å². The van der Waals surface area contributed by atoms with Crippen LogP contribution in [0.1, 0.15) is 19.2 Å². The number of benzene rings is 1. The van der Waals surface area contributed by atoms with Crippen LogP contribution in [0.4, 0.5) is 0 Å². The Hall–Kier alpha value is -1.06. The van der Waals surface area contributed by atoms with Crippen molar-refractivity contribution in [3.63, 3.8) is 0 Å². The molecule has 2 rings (SSSR count). The van der Waals surface area contributed by atoms with Crippen LogP contribution in [0.25, 0.3) is 5.69 Å². The van der Waals surface area contributed by atoms with Crippen LogP contribution in [0.5, 0.6) is 0 Å². The average Bonchev–Trinajstić information content (AvgIpc) is 2.60. The number of aromatic nitrogens is 3. The Kier molecular flexibility index (Phi) is 3.46. The summed E-state index contributed by atoms with van der Waals surface area (Å²) in [5.41, 5.74) is 0.894. The third-order valence-electron chi connectivity index (χ3n) is 2.23. The normalized spacial score (nSPS) is 10.7. The quantitative estimate of drug-likeness (QED) is 0.841. The molecule has 5 heteroatoms. The molecule has 1 aromatic heterocycles. The van der Waals surface area contributed by atoms with E-state index in [1.165, 1.54) is 0 Å². The first-order valence-corrected chi connectivity index (χ1v) is 5.83. The Balaban J connectivity index is 2.50. The molecule has 3 nitrogen and oxygen atoms in total. The van der Waals surface area contributed by atoms with E-state index in [0.717, 1.165) is 24.4 Å². The van der Waals surface area contributed by atoms with Crippen molar-refractivity contribution in [3.8, 4) is 5.69 Å². The van der Waals surface area contributed by atoms with E-state index in [1.807, 2.05) is 28.8 Å². The van der Waals surface area contributed by atoms with Crippen molar-refractivity contribution in [2.75, 3.05) is 0 Å². The van der Waals surface area contributed by atoms with Gasteiger partial charge in [0.2, 0.25) is 5.28 Å². The summed E-state index contributed by atoms with van der Waals surface area (Å²) in [4.78, 5) is 0. The third kappa shape index (κ3) is 2.20. The summed E-state index contributed by atoms with van der Waals surface area (Å²) >= 11 is 12.0. The van der Waals surface area contributed by atoms with Gasteiger partial charge in [-0.1, -0.05) is 24.6 Å². The summed E-state index contributed by atoms with van der Waals surface area (Å²) in [5.74, 6) is 0.856. The zero-order valence-electron chi connectivity index (χ0n) is 8.82. The molecule has 0 atom stereocenters. The lowest BCUT2D eigenvalue weighted by atomic mass is 10.3. The van der Waals surface area contributed by atoms with Crippen LogP contribution in [0.2, 0.25) is 10.3 Å². The van der Waals surface area contributed by atoms with E-state index < -0.39 is 0 Å². The van der Waals surface area contributed by atoms with Crippen LogP contribution in [0.15, 0.2) is 24.3 Å². The number of hydrogen-bond donors (Lipinski definition) is 0. The van der Waals surface area contributed by atoms with Crippen molar-refractivity contribution in [2.24, 2.45) is 0 Å². The van der Waals surface area contributed by atoms with Crippen molar-refractivity contribution >= 4 is 23.2 Å². The van der Waals surface area contributed by atoms with E-state index in [2.05, 4.69) is 17.1 Å². The monoisotopic (exact) mass is 255 g/mol. The highest BCUT2D eigenvalue weighted by Gasteiger charge is 2.11. The van der Waals surface area contributed by atoms with Gasteiger partial charge in [-0.2, -0.15) is 0 Å². The fourth-order valence-corrected chi connectivity index (χ4v) is 1.97. The minimum Gasteiger partial charge on any atom is -0.270 e. The van der Waals surface area contributed by atoms with Crippen molar-refractivity contribution in [3.05, 3.63) is 40.4 Å². The minimum atomic E-state index is 0.366. The van der Waals surface area contributed by atoms with E-state index in [4.69, 9.17) is 23.2 Å². The van der Waals surface area contributed by atoms with Crippen molar-refractivity contribution in [1.82, 2.24) is 14.8 Å². The van der Waals surface area contributed by atoms with Gasteiger partial charge in [0.05, 0.1) is 5.69 Å². The maximum Gasteiger partial charge on any atom is 0.229 e. The molecule has 0 fully saturated rings. The second-order valence-corrected chi connectivity index (χ2v) is 4.23. The molecular weight excluding hydrogens is 245 g/mol. The van der Waals surface area contributed by atoms with Gasteiger partial charge in [-0.25, -0.2) is 0 Å². The highest BCUT2D eigenvalue weighted by Crippen LogP contribution is 2.20. The van der Waals surface area contributed by atoms with Gasteiger partial charge in [0.1, 0.15) is 5.82 Å². The molecule has 84 valence electrons. The molecule has 1 heterocycles. The first-order valence-electron chi connectivity index (χ1n) is 5.08. The average molecular weight is 256 g/mol. The van der Waals surface area contributed by atoms with E-state index >= 15 is 0 Å². The molecule has 0 unspecified atom stereocenters. The van der Waals surface area contributed by atoms with E-state index in [0.29, 0.717) is 10.3 Å². The summed E-state index contributed by atoms with van der Waals surface area (Å²) in [6.07, 6.45) is 1.84. The first-order chi connectivity index (χ1) is 7.72. The van der Waals surface area contributed by atoms with E-state index in [9.17, 15) is 0 Å². The largest absolute Gasteiger partial charge is 0.270 e. The lowest BCUT2D eigenvalue weighted by Gasteiger charge is -2.07. The Morgan fingerprint density at radius 3 is 2.75 bits per heavy atom. The van der Waals surface area contributed by atoms with Gasteiger partial charge in [0, 0.05) is 11.4 Å². The van der Waals surface area contributed by atoms with Crippen LogP contribution in [-0.2, 0) is 6.42 Å². The summed E-state index contributed by atoms with van der Waals surface area (Å²) < 4.78 is 1.82. The predicted octanol–water partition coefficient (Wildman–Crippen LogP) is 3.53. The molecule has 0 spiro atoms. The van der Waals surface area contributed by atoms with Gasteiger partial charge in [-0.15, -0.1) is 10.2 Å². The molecular formula is C11H11Cl2N3. The van der Waals surface area contributed by atoms with Gasteiger partial charge in [-0.05, 0) is 36.2 Å². The summed E-state index contributed by atoms with van der Waals surface area (Å²) in [5, 5.41) is 8.96. The summed E-state index contributed by atoms with van der Waals surface area (Å²) in [6.45, 7) is 2.09. The molecule has 2 aromatic rings. The van der Waals surface area contributed by atoms with Gasteiger partial charge in [0.25, 0.3) is 0 Å². The maximum atomic E-state index is 6.01. The molecule has 0 aliphatic rings. The number of nitrogens with zero attached hydrogens (tertiary/aromatic N) is 3. The minimum absolute atomic E-state index is 0.366. The number of hydrogen-bond acceptors (Lipinski definition) is 2. The van der Waals surface area contributed by atoms with Gasteiger partial charge < -0.3 is 0 Å². The number of rotatable bonds is 3. The fraction of sp³-hybridized carbons (Fsp3) is 0.273. The van der Waals surface area contributed by atoms with Gasteiger partial charge in [-0.3, -0.25) is 4.57 Å². The van der Waals surface area contributed by atoms with Gasteiger partial charge in [0.15, 0.2) is 0 Å².